The summed E-state index contributed by atoms with van der Waals surface area (Å²) in [5, 5.41) is 12.9. The van der Waals surface area contributed by atoms with Gasteiger partial charge in [0.2, 0.25) is 5.91 Å². The minimum atomic E-state index is -0.562. The van der Waals surface area contributed by atoms with E-state index in [1.54, 1.807) is 6.92 Å². The molecule has 1 amide bonds. The van der Waals surface area contributed by atoms with Gasteiger partial charge in [0.1, 0.15) is 11.6 Å². The van der Waals surface area contributed by atoms with Crippen LogP contribution in [-0.2, 0) is 4.79 Å². The summed E-state index contributed by atoms with van der Waals surface area (Å²) < 4.78 is 18.3. The number of ether oxygens (including phenoxy) is 1. The summed E-state index contributed by atoms with van der Waals surface area (Å²) in [6.45, 7) is 1.65. The van der Waals surface area contributed by atoms with E-state index in [1.165, 1.54) is 55.3 Å². The number of hydrogen-bond donors (Lipinski definition) is 1. The SMILES string of the molecule is COc1ccc([N+](=O)[O-])cc1NC(=O)[C@H](C)Sc1ccc(F)c(Cl)c1. The molecule has 6 nitrogen and oxygen atoms in total. The summed E-state index contributed by atoms with van der Waals surface area (Å²) >= 11 is 6.90. The van der Waals surface area contributed by atoms with E-state index in [9.17, 15) is 19.3 Å². The summed E-state index contributed by atoms with van der Waals surface area (Å²) in [6.07, 6.45) is 0. The van der Waals surface area contributed by atoms with Crippen LogP contribution in [0.4, 0.5) is 15.8 Å². The van der Waals surface area contributed by atoms with Gasteiger partial charge in [0, 0.05) is 17.0 Å². The van der Waals surface area contributed by atoms with Gasteiger partial charge in [-0.25, -0.2) is 4.39 Å². The fourth-order valence-electron chi connectivity index (χ4n) is 1.95. The van der Waals surface area contributed by atoms with E-state index in [2.05, 4.69) is 5.32 Å². The lowest BCUT2D eigenvalue weighted by molar-refractivity contribution is -0.384. The van der Waals surface area contributed by atoms with Crippen LogP contribution in [0.25, 0.3) is 0 Å². The van der Waals surface area contributed by atoms with Crippen molar-refractivity contribution >= 4 is 40.6 Å². The molecule has 1 N–H and O–H groups in total. The molecule has 2 rings (SSSR count). The number of anilines is 1. The van der Waals surface area contributed by atoms with Gasteiger partial charge in [-0.05, 0) is 31.2 Å². The number of nitro groups is 1. The van der Waals surface area contributed by atoms with E-state index >= 15 is 0 Å². The highest BCUT2D eigenvalue weighted by Crippen LogP contribution is 2.31. The van der Waals surface area contributed by atoms with Crippen molar-refractivity contribution in [3.63, 3.8) is 0 Å². The van der Waals surface area contributed by atoms with Crippen LogP contribution in [0.1, 0.15) is 6.92 Å². The van der Waals surface area contributed by atoms with E-state index in [0.29, 0.717) is 10.6 Å². The van der Waals surface area contributed by atoms with Crippen LogP contribution < -0.4 is 10.1 Å². The summed E-state index contributed by atoms with van der Waals surface area (Å²) in [5.41, 5.74) is 0.0352. The molecule has 0 unspecified atom stereocenters. The highest BCUT2D eigenvalue weighted by atomic mass is 35.5. The van der Waals surface area contributed by atoms with Crippen molar-refractivity contribution in [1.29, 1.82) is 0 Å². The average molecular weight is 385 g/mol. The number of carbonyl (C=O) groups is 1. The number of methoxy groups -OCH3 is 1. The van der Waals surface area contributed by atoms with Gasteiger partial charge in [0.15, 0.2) is 0 Å². The van der Waals surface area contributed by atoms with Gasteiger partial charge in [0.05, 0.1) is 28.0 Å². The van der Waals surface area contributed by atoms with Crippen molar-refractivity contribution in [3.05, 3.63) is 57.4 Å². The summed E-state index contributed by atoms with van der Waals surface area (Å²) in [6, 6.07) is 8.09. The molecule has 2 aromatic rings. The summed E-state index contributed by atoms with van der Waals surface area (Å²) in [7, 11) is 1.40. The number of nitro benzene ring substituents is 1. The number of rotatable bonds is 6. The van der Waals surface area contributed by atoms with Gasteiger partial charge < -0.3 is 10.1 Å². The number of benzene rings is 2. The van der Waals surface area contributed by atoms with E-state index in [0.717, 1.165) is 0 Å². The first kappa shape index (κ1) is 19.0. The topological polar surface area (TPSA) is 81.5 Å². The fraction of sp³-hybridized carbons (Fsp3) is 0.188. The second-order valence-corrected chi connectivity index (χ2v) is 6.79. The number of nitrogens with one attached hydrogen (secondary N) is 1. The second-order valence-electron chi connectivity index (χ2n) is 4.97. The molecule has 0 aromatic heterocycles. The first-order chi connectivity index (χ1) is 11.8. The van der Waals surface area contributed by atoms with Crippen LogP contribution in [0.3, 0.4) is 0 Å². The molecule has 0 spiro atoms. The molecule has 0 aliphatic carbocycles. The molecule has 0 heterocycles. The van der Waals surface area contributed by atoms with Crippen molar-refractivity contribution in [3.8, 4) is 5.75 Å². The Morgan fingerprint density at radius 2 is 2.08 bits per heavy atom. The average Bonchev–Trinajstić information content (AvgIpc) is 2.57. The van der Waals surface area contributed by atoms with E-state index < -0.39 is 16.0 Å². The van der Waals surface area contributed by atoms with Crippen molar-refractivity contribution in [2.45, 2.75) is 17.1 Å². The molecule has 0 bridgehead atoms. The zero-order valence-electron chi connectivity index (χ0n) is 13.3. The van der Waals surface area contributed by atoms with Crippen LogP contribution in [-0.4, -0.2) is 23.2 Å². The van der Waals surface area contributed by atoms with Gasteiger partial charge in [-0.2, -0.15) is 0 Å². The number of non-ortho nitro benzene ring substituents is 1. The van der Waals surface area contributed by atoms with Crippen LogP contribution in [0.2, 0.25) is 5.02 Å². The zero-order valence-corrected chi connectivity index (χ0v) is 14.9. The third kappa shape index (κ3) is 4.83. The van der Waals surface area contributed by atoms with Crippen LogP contribution in [0.5, 0.6) is 5.75 Å². The monoisotopic (exact) mass is 384 g/mol. The van der Waals surface area contributed by atoms with Gasteiger partial charge in [-0.15, -0.1) is 11.8 Å². The Hall–Kier alpha value is -2.32. The molecule has 0 aliphatic rings. The van der Waals surface area contributed by atoms with E-state index in [-0.39, 0.29) is 22.3 Å². The van der Waals surface area contributed by atoms with Crippen LogP contribution >= 0.6 is 23.4 Å². The summed E-state index contributed by atoms with van der Waals surface area (Å²) in [5.74, 6) is -0.616. The van der Waals surface area contributed by atoms with Crippen LogP contribution in [0, 0.1) is 15.9 Å². The maximum Gasteiger partial charge on any atom is 0.271 e. The number of amides is 1. The predicted molar refractivity (Wildman–Crippen MR) is 95.0 cm³/mol. The van der Waals surface area contributed by atoms with Gasteiger partial charge >= 0.3 is 0 Å². The number of thioether (sulfide) groups is 1. The third-order valence-electron chi connectivity index (χ3n) is 3.22. The third-order valence-corrected chi connectivity index (χ3v) is 4.61. The first-order valence-electron chi connectivity index (χ1n) is 7.07. The first-order valence-corrected chi connectivity index (χ1v) is 8.32. The quantitative estimate of drug-likeness (QED) is 0.450. The van der Waals surface area contributed by atoms with Crippen molar-refractivity contribution in [1.82, 2.24) is 0 Å². The molecular weight excluding hydrogens is 371 g/mol. The molecule has 0 saturated carbocycles. The Morgan fingerprint density at radius 3 is 2.68 bits per heavy atom. The Labute approximate surface area is 152 Å². The molecular formula is C16H14ClFN2O4S. The molecule has 0 saturated heterocycles. The van der Waals surface area contributed by atoms with Gasteiger partial charge in [0.25, 0.3) is 5.69 Å². The van der Waals surface area contributed by atoms with E-state index in [4.69, 9.17) is 16.3 Å². The van der Waals surface area contributed by atoms with Gasteiger partial charge in [-0.1, -0.05) is 11.6 Å². The molecule has 2 aromatic carbocycles. The number of hydrogen-bond acceptors (Lipinski definition) is 5. The smallest absolute Gasteiger partial charge is 0.271 e. The second kappa shape index (κ2) is 8.17. The Kier molecular flexibility index (Phi) is 6.22. The minimum Gasteiger partial charge on any atom is -0.495 e. The van der Waals surface area contributed by atoms with Crippen molar-refractivity contribution in [2.24, 2.45) is 0 Å². The number of halogens is 2. The maximum atomic E-state index is 13.2. The lowest BCUT2D eigenvalue weighted by Crippen LogP contribution is -2.22. The Balaban J connectivity index is 2.13. The van der Waals surface area contributed by atoms with Crippen molar-refractivity contribution < 1.29 is 18.8 Å². The zero-order chi connectivity index (χ0) is 18.6. The highest BCUT2D eigenvalue weighted by molar-refractivity contribution is 8.00. The number of carbonyl (C=O) groups excluding carboxylic acids is 1. The van der Waals surface area contributed by atoms with Crippen LogP contribution in [0.15, 0.2) is 41.3 Å². The lowest BCUT2D eigenvalue weighted by Gasteiger charge is -2.14. The predicted octanol–water partition coefficient (Wildman–Crippen LogP) is 4.52. The molecule has 132 valence electrons. The normalized spacial score (nSPS) is 11.7. The Morgan fingerprint density at radius 1 is 1.36 bits per heavy atom. The summed E-state index contributed by atoms with van der Waals surface area (Å²) in [4.78, 5) is 23.3. The maximum absolute atomic E-state index is 13.2. The molecule has 0 aliphatic heterocycles. The molecule has 9 heteroatoms. The molecule has 0 radical (unpaired) electrons. The Bertz CT molecular complexity index is 819. The van der Waals surface area contributed by atoms with Crippen molar-refractivity contribution in [2.75, 3.05) is 12.4 Å². The minimum absolute atomic E-state index is 0.0297. The molecule has 0 fully saturated rings. The highest BCUT2D eigenvalue weighted by Gasteiger charge is 2.19. The lowest BCUT2D eigenvalue weighted by atomic mass is 10.2. The number of nitrogens with zero attached hydrogens (tertiary/aromatic N) is 1. The largest absolute Gasteiger partial charge is 0.495 e. The van der Waals surface area contributed by atoms with Gasteiger partial charge in [-0.3, -0.25) is 14.9 Å². The standard InChI is InChI=1S/C16H14ClFN2O4S/c1-9(25-11-4-5-13(18)12(17)8-11)16(21)19-14-7-10(20(22)23)3-6-15(14)24-2/h3-9H,1-2H3,(H,19,21)/t9-/m0/s1. The van der Waals surface area contributed by atoms with E-state index in [1.807, 2.05) is 0 Å². The molecule has 1 atom stereocenters. The molecule has 25 heavy (non-hydrogen) atoms. The fourth-order valence-corrected chi connectivity index (χ4v) is 3.10.